The minimum Gasteiger partial charge on any atom is -0.383 e. The minimum absolute atomic E-state index is 0.0319. The highest BCUT2D eigenvalue weighted by atomic mass is 19.1. The number of fused-ring (bicyclic) bond motifs is 1. The van der Waals surface area contributed by atoms with Crippen LogP contribution in [0.3, 0.4) is 0 Å². The number of hydrogen-bond donors (Lipinski definition) is 2. The predicted octanol–water partition coefficient (Wildman–Crippen LogP) is 4.00. The van der Waals surface area contributed by atoms with Crippen LogP contribution in [-0.2, 0) is 4.79 Å². The molecule has 8 nitrogen and oxygen atoms in total. The molecule has 1 aliphatic heterocycles. The molecule has 0 spiro atoms. The van der Waals surface area contributed by atoms with Gasteiger partial charge in [0.1, 0.15) is 29.3 Å². The van der Waals surface area contributed by atoms with E-state index in [1.807, 2.05) is 25.3 Å². The molecule has 4 rings (SSSR count). The topological polar surface area (TPSA) is 106 Å². The van der Waals surface area contributed by atoms with E-state index in [0.29, 0.717) is 35.3 Å². The van der Waals surface area contributed by atoms with Crippen LogP contribution in [0.25, 0.3) is 11.0 Å². The van der Waals surface area contributed by atoms with Gasteiger partial charge < -0.3 is 20.5 Å². The van der Waals surface area contributed by atoms with Gasteiger partial charge in [0.2, 0.25) is 5.91 Å². The largest absolute Gasteiger partial charge is 0.383 e. The van der Waals surface area contributed by atoms with Gasteiger partial charge in [-0.15, -0.1) is 0 Å². The first-order valence-electron chi connectivity index (χ1n) is 12.3. The third-order valence-electron chi connectivity index (χ3n) is 6.61. The maximum atomic E-state index is 14.4. The minimum atomic E-state index is -0.615. The maximum absolute atomic E-state index is 14.4. The molecule has 1 aromatic carbocycles. The van der Waals surface area contributed by atoms with Crippen molar-refractivity contribution >= 4 is 28.7 Å². The second kappa shape index (κ2) is 10.4. The summed E-state index contributed by atoms with van der Waals surface area (Å²) in [5.41, 5.74) is 7.81. The number of aromatic nitrogens is 3. The SMILES string of the molecule is C=CC(=O)N1CC(n2c(C#CC(C)C)c(C(=O)N[C@@H](C)c3ccccc3F)c3c(N)ncnc32)C[C@@H]1C. The molecule has 1 unspecified atom stereocenters. The molecule has 0 saturated carbocycles. The van der Waals surface area contributed by atoms with Crippen molar-refractivity contribution in [2.75, 3.05) is 12.3 Å². The van der Waals surface area contributed by atoms with Gasteiger partial charge in [0.25, 0.3) is 5.91 Å². The van der Waals surface area contributed by atoms with Crippen LogP contribution < -0.4 is 11.1 Å². The van der Waals surface area contributed by atoms with E-state index >= 15 is 0 Å². The number of nitrogen functional groups attached to an aromatic ring is 1. The molecule has 1 aliphatic rings. The number of rotatable bonds is 5. The molecule has 3 aromatic rings. The van der Waals surface area contributed by atoms with E-state index in [-0.39, 0.29) is 35.3 Å². The molecule has 0 bridgehead atoms. The van der Waals surface area contributed by atoms with Crippen molar-refractivity contribution in [2.24, 2.45) is 5.92 Å². The van der Waals surface area contributed by atoms with Gasteiger partial charge in [0, 0.05) is 24.1 Å². The van der Waals surface area contributed by atoms with E-state index in [0.717, 1.165) is 0 Å². The number of benzene rings is 1. The summed E-state index contributed by atoms with van der Waals surface area (Å²) in [7, 11) is 0. The van der Waals surface area contributed by atoms with Gasteiger partial charge >= 0.3 is 0 Å². The molecule has 3 N–H and O–H groups in total. The van der Waals surface area contributed by atoms with E-state index in [1.54, 1.807) is 30.0 Å². The summed E-state index contributed by atoms with van der Waals surface area (Å²) < 4.78 is 16.3. The van der Waals surface area contributed by atoms with Crippen molar-refractivity contribution in [2.45, 2.75) is 52.2 Å². The molecule has 0 radical (unpaired) electrons. The van der Waals surface area contributed by atoms with Crippen LogP contribution >= 0.6 is 0 Å². The van der Waals surface area contributed by atoms with Crippen LogP contribution in [-0.4, -0.2) is 43.8 Å². The Bertz CT molecular complexity index is 1430. The lowest BCUT2D eigenvalue weighted by atomic mass is 10.1. The first-order chi connectivity index (χ1) is 17.6. The van der Waals surface area contributed by atoms with Gasteiger partial charge in [-0.2, -0.15) is 0 Å². The zero-order valence-electron chi connectivity index (χ0n) is 21.5. The summed E-state index contributed by atoms with van der Waals surface area (Å²) in [4.78, 5) is 36.6. The fourth-order valence-electron chi connectivity index (χ4n) is 4.86. The molecule has 2 amide bonds. The van der Waals surface area contributed by atoms with Crippen molar-refractivity contribution in [3.63, 3.8) is 0 Å². The Hall–Kier alpha value is -4.19. The second-order valence-electron chi connectivity index (χ2n) is 9.63. The van der Waals surface area contributed by atoms with Gasteiger partial charge in [-0.3, -0.25) is 9.59 Å². The second-order valence-corrected chi connectivity index (χ2v) is 9.63. The summed E-state index contributed by atoms with van der Waals surface area (Å²) >= 11 is 0. The number of amides is 2. The molecule has 1 saturated heterocycles. The normalized spacial score (nSPS) is 17.9. The Morgan fingerprint density at radius 3 is 2.68 bits per heavy atom. The third kappa shape index (κ3) is 4.92. The van der Waals surface area contributed by atoms with Gasteiger partial charge in [-0.1, -0.05) is 44.5 Å². The lowest BCUT2D eigenvalue weighted by Crippen LogP contribution is -2.32. The summed E-state index contributed by atoms with van der Waals surface area (Å²) in [6.45, 7) is 11.6. The van der Waals surface area contributed by atoms with Gasteiger partial charge in [0.05, 0.1) is 23.0 Å². The molecule has 3 atom stereocenters. The van der Waals surface area contributed by atoms with Gasteiger partial charge in [-0.25, -0.2) is 14.4 Å². The number of anilines is 1. The molecule has 3 heterocycles. The van der Waals surface area contributed by atoms with E-state index < -0.39 is 17.8 Å². The number of carbonyl (C=O) groups is 2. The Morgan fingerprint density at radius 1 is 1.27 bits per heavy atom. The Balaban J connectivity index is 1.88. The summed E-state index contributed by atoms with van der Waals surface area (Å²) in [5.74, 6) is 5.49. The van der Waals surface area contributed by atoms with Crippen molar-refractivity contribution in [1.82, 2.24) is 24.8 Å². The molecule has 192 valence electrons. The zero-order chi connectivity index (χ0) is 26.9. The van der Waals surface area contributed by atoms with Crippen molar-refractivity contribution < 1.29 is 14.0 Å². The predicted molar refractivity (Wildman–Crippen MR) is 141 cm³/mol. The van der Waals surface area contributed by atoms with Crippen LogP contribution in [0.1, 0.15) is 67.8 Å². The first-order valence-corrected chi connectivity index (χ1v) is 12.3. The standard InChI is InChI=1S/C28H31FN6O2/c1-6-23(36)34-14-19(13-17(34)4)35-22(12-11-16(2)3)24(25-26(30)31-15-32-27(25)35)28(37)33-18(5)20-9-7-8-10-21(20)29/h6-10,15-19H,1,13-14H2,2-5H3,(H,33,37)(H2,30,31,32)/t17-,18-,19?/m0/s1. The Labute approximate surface area is 215 Å². The lowest BCUT2D eigenvalue weighted by Gasteiger charge is -2.19. The van der Waals surface area contributed by atoms with Gasteiger partial charge in [0.15, 0.2) is 0 Å². The maximum Gasteiger partial charge on any atom is 0.255 e. The summed E-state index contributed by atoms with van der Waals surface area (Å²) in [6.07, 6.45) is 3.29. The van der Waals surface area contributed by atoms with E-state index in [2.05, 4.69) is 33.7 Å². The molecule has 0 aliphatic carbocycles. The van der Waals surface area contributed by atoms with E-state index in [9.17, 15) is 14.0 Å². The monoisotopic (exact) mass is 502 g/mol. The van der Waals surface area contributed by atoms with Crippen LogP contribution in [0, 0.1) is 23.6 Å². The van der Waals surface area contributed by atoms with Crippen LogP contribution in [0.15, 0.2) is 43.2 Å². The fourth-order valence-corrected chi connectivity index (χ4v) is 4.86. The highest BCUT2D eigenvalue weighted by Gasteiger charge is 2.37. The average Bonchev–Trinajstić information content (AvgIpc) is 3.40. The summed E-state index contributed by atoms with van der Waals surface area (Å²) in [6, 6.07) is 5.45. The van der Waals surface area contributed by atoms with Crippen LogP contribution in [0.4, 0.5) is 10.2 Å². The first kappa shape index (κ1) is 25.9. The zero-order valence-corrected chi connectivity index (χ0v) is 21.5. The van der Waals surface area contributed by atoms with Crippen LogP contribution in [0.2, 0.25) is 0 Å². The van der Waals surface area contributed by atoms with E-state index in [4.69, 9.17) is 5.73 Å². The number of likely N-dealkylation sites (tertiary alicyclic amines) is 1. The number of nitrogens with zero attached hydrogens (tertiary/aromatic N) is 4. The van der Waals surface area contributed by atoms with Crippen molar-refractivity contribution in [3.05, 3.63) is 65.9 Å². The van der Waals surface area contributed by atoms with E-state index in [1.165, 1.54) is 18.5 Å². The Morgan fingerprint density at radius 2 is 2.00 bits per heavy atom. The number of nitrogens with one attached hydrogen (secondary N) is 1. The number of halogens is 1. The number of nitrogens with two attached hydrogens (primary N) is 1. The Kier molecular flexibility index (Phi) is 7.30. The van der Waals surface area contributed by atoms with Crippen LogP contribution in [0.5, 0.6) is 0 Å². The molecule has 37 heavy (non-hydrogen) atoms. The fraction of sp³-hybridized carbons (Fsp3) is 0.357. The van der Waals surface area contributed by atoms with Crippen molar-refractivity contribution in [1.29, 1.82) is 0 Å². The molecular weight excluding hydrogens is 471 g/mol. The van der Waals surface area contributed by atoms with Crippen molar-refractivity contribution in [3.8, 4) is 11.8 Å². The smallest absolute Gasteiger partial charge is 0.255 e. The number of carbonyl (C=O) groups excluding carboxylic acids is 2. The highest BCUT2D eigenvalue weighted by molar-refractivity contribution is 6.12. The average molecular weight is 503 g/mol. The highest BCUT2D eigenvalue weighted by Crippen LogP contribution is 2.36. The molecule has 1 fully saturated rings. The molecule has 2 aromatic heterocycles. The molecular formula is C28H31FN6O2. The summed E-state index contributed by atoms with van der Waals surface area (Å²) in [5, 5.41) is 3.28. The molecule has 9 heteroatoms. The van der Waals surface area contributed by atoms with Gasteiger partial charge in [-0.05, 0) is 38.3 Å². The quantitative estimate of drug-likeness (QED) is 0.405. The third-order valence-corrected chi connectivity index (χ3v) is 6.61. The number of hydrogen-bond acceptors (Lipinski definition) is 5. The lowest BCUT2D eigenvalue weighted by molar-refractivity contribution is -0.126.